The molecule has 0 bridgehead atoms. The quantitative estimate of drug-likeness (QED) is 0.495. The first kappa shape index (κ1) is 18.9. The molecule has 6 nitrogen and oxygen atoms in total. The Morgan fingerprint density at radius 1 is 1.27 bits per heavy atom. The zero-order valence-electron chi connectivity index (χ0n) is 14.2. The van der Waals surface area contributed by atoms with Crippen molar-refractivity contribution in [1.29, 1.82) is 10.5 Å². The van der Waals surface area contributed by atoms with Crippen molar-refractivity contribution < 1.29 is 14.3 Å². The molecule has 26 heavy (non-hydrogen) atoms. The van der Waals surface area contributed by atoms with E-state index in [9.17, 15) is 14.9 Å². The van der Waals surface area contributed by atoms with Gasteiger partial charge in [0.05, 0.1) is 23.8 Å². The number of nitriles is 2. The van der Waals surface area contributed by atoms with Gasteiger partial charge in [-0.2, -0.15) is 10.5 Å². The molecular weight excluding hydrogens is 350 g/mol. The third-order valence-corrected chi connectivity index (χ3v) is 4.41. The number of amides is 1. The van der Waals surface area contributed by atoms with E-state index in [1.54, 1.807) is 43.5 Å². The molecule has 0 radical (unpaired) electrons. The molecule has 0 saturated carbocycles. The number of hydrogen-bond donors (Lipinski definition) is 1. The monoisotopic (exact) mass is 365 g/mol. The molecule has 0 unspecified atom stereocenters. The van der Waals surface area contributed by atoms with Crippen LogP contribution in [0.2, 0.25) is 0 Å². The van der Waals surface area contributed by atoms with Crippen LogP contribution in [0.3, 0.4) is 0 Å². The number of rotatable bonds is 5. The number of thiophene rings is 1. The highest BCUT2D eigenvalue weighted by Crippen LogP contribution is 2.29. The Kier molecular flexibility index (Phi) is 6.26. The van der Waals surface area contributed by atoms with Gasteiger partial charge < -0.3 is 10.1 Å². The van der Waals surface area contributed by atoms with E-state index < -0.39 is 11.9 Å². The van der Waals surface area contributed by atoms with Crippen molar-refractivity contribution in [2.45, 2.75) is 13.8 Å². The number of ether oxygens (including phenoxy) is 1. The highest BCUT2D eigenvalue weighted by atomic mass is 32.1. The lowest BCUT2D eigenvalue weighted by Gasteiger charge is -2.06. The summed E-state index contributed by atoms with van der Waals surface area (Å²) in [6.07, 6.45) is 1.42. The fourth-order valence-electron chi connectivity index (χ4n) is 2.13. The molecule has 0 atom stereocenters. The largest absolute Gasteiger partial charge is 0.462 e. The van der Waals surface area contributed by atoms with Crippen LogP contribution in [-0.2, 0) is 9.53 Å². The molecule has 0 fully saturated rings. The van der Waals surface area contributed by atoms with E-state index in [4.69, 9.17) is 10.00 Å². The van der Waals surface area contributed by atoms with Crippen molar-refractivity contribution in [3.63, 3.8) is 0 Å². The molecule has 0 spiro atoms. The molecule has 1 N–H and O–H groups in total. The maximum Gasteiger partial charge on any atom is 0.341 e. The molecule has 7 heteroatoms. The normalized spacial score (nSPS) is 10.5. The average Bonchev–Trinajstić information content (AvgIpc) is 3.00. The minimum atomic E-state index is -0.621. The molecule has 0 aliphatic rings. The van der Waals surface area contributed by atoms with E-state index in [1.807, 2.05) is 12.1 Å². The van der Waals surface area contributed by atoms with E-state index in [2.05, 4.69) is 5.32 Å². The number of carbonyl (C=O) groups is 2. The van der Waals surface area contributed by atoms with Crippen LogP contribution in [0, 0.1) is 29.6 Å². The van der Waals surface area contributed by atoms with Crippen LogP contribution in [0.1, 0.15) is 34.0 Å². The van der Waals surface area contributed by atoms with Crippen LogP contribution in [0.15, 0.2) is 35.2 Å². The summed E-state index contributed by atoms with van der Waals surface area (Å²) in [5.74, 6) is -1.14. The standard InChI is InChI=1S/C19H15N3O3S/c1-3-25-19(24)16-12(2)11-26-18(16)22-17(23)15(10-21)8-13-4-6-14(9-20)7-5-13/h4-8,11H,3H2,1-2H3,(H,22,23). The average molecular weight is 365 g/mol. The van der Waals surface area contributed by atoms with Crippen molar-refractivity contribution in [2.75, 3.05) is 11.9 Å². The molecular formula is C19H15N3O3S. The lowest BCUT2D eigenvalue weighted by Crippen LogP contribution is -2.16. The molecule has 2 aromatic rings. The SMILES string of the molecule is CCOC(=O)c1c(C)csc1NC(=O)C(C#N)=Cc1ccc(C#N)cc1. The predicted octanol–water partition coefficient (Wildman–Crippen LogP) is 3.65. The van der Waals surface area contributed by atoms with Gasteiger partial charge in [0.25, 0.3) is 5.91 Å². The summed E-state index contributed by atoms with van der Waals surface area (Å²) in [5, 5.41) is 22.8. The molecule has 2 rings (SSSR count). The van der Waals surface area contributed by atoms with Gasteiger partial charge in [-0.05, 0) is 48.6 Å². The number of carbonyl (C=O) groups excluding carboxylic acids is 2. The third-order valence-electron chi connectivity index (χ3n) is 3.40. The first-order valence-electron chi connectivity index (χ1n) is 7.68. The van der Waals surface area contributed by atoms with Crippen LogP contribution in [-0.4, -0.2) is 18.5 Å². The summed E-state index contributed by atoms with van der Waals surface area (Å²) in [7, 11) is 0. The highest BCUT2D eigenvalue weighted by Gasteiger charge is 2.20. The molecule has 0 aliphatic carbocycles. The van der Waals surface area contributed by atoms with Gasteiger partial charge in [-0.1, -0.05) is 12.1 Å². The van der Waals surface area contributed by atoms with Crippen LogP contribution in [0.4, 0.5) is 5.00 Å². The maximum atomic E-state index is 12.4. The summed E-state index contributed by atoms with van der Waals surface area (Å²) in [6, 6.07) is 10.3. The fourth-order valence-corrected chi connectivity index (χ4v) is 3.06. The van der Waals surface area contributed by atoms with Gasteiger partial charge in [0.2, 0.25) is 0 Å². The number of aryl methyl sites for hydroxylation is 1. The van der Waals surface area contributed by atoms with Gasteiger partial charge >= 0.3 is 5.97 Å². The van der Waals surface area contributed by atoms with Gasteiger partial charge in [0, 0.05) is 0 Å². The van der Waals surface area contributed by atoms with Gasteiger partial charge in [-0.3, -0.25) is 4.79 Å². The van der Waals surface area contributed by atoms with Crippen molar-refractivity contribution in [3.05, 3.63) is 57.5 Å². The summed E-state index contributed by atoms with van der Waals surface area (Å²) >= 11 is 1.19. The Morgan fingerprint density at radius 2 is 1.96 bits per heavy atom. The second-order valence-electron chi connectivity index (χ2n) is 5.20. The zero-order valence-corrected chi connectivity index (χ0v) is 15.0. The topological polar surface area (TPSA) is 103 Å². The number of nitrogens with one attached hydrogen (secondary N) is 1. The highest BCUT2D eigenvalue weighted by molar-refractivity contribution is 7.15. The Labute approximate surface area is 154 Å². The molecule has 0 saturated heterocycles. The Hall–Kier alpha value is -3.42. The first-order chi connectivity index (χ1) is 12.5. The Bertz CT molecular complexity index is 944. The minimum Gasteiger partial charge on any atom is -0.462 e. The fraction of sp³-hybridized carbons (Fsp3) is 0.158. The molecule has 1 aromatic carbocycles. The van der Waals surface area contributed by atoms with Gasteiger partial charge in [0.1, 0.15) is 16.6 Å². The molecule has 1 amide bonds. The van der Waals surface area contributed by atoms with Crippen LogP contribution >= 0.6 is 11.3 Å². The molecule has 0 aliphatic heterocycles. The van der Waals surface area contributed by atoms with Crippen LogP contribution in [0.5, 0.6) is 0 Å². The maximum absolute atomic E-state index is 12.4. The van der Waals surface area contributed by atoms with E-state index in [0.29, 0.717) is 27.3 Å². The molecule has 130 valence electrons. The van der Waals surface area contributed by atoms with Crippen molar-refractivity contribution in [3.8, 4) is 12.1 Å². The zero-order chi connectivity index (χ0) is 19.1. The first-order valence-corrected chi connectivity index (χ1v) is 8.56. The van der Waals surface area contributed by atoms with Crippen molar-refractivity contribution >= 4 is 34.3 Å². The van der Waals surface area contributed by atoms with E-state index >= 15 is 0 Å². The Balaban J connectivity index is 2.25. The van der Waals surface area contributed by atoms with Crippen molar-refractivity contribution in [2.24, 2.45) is 0 Å². The van der Waals surface area contributed by atoms with Gasteiger partial charge in [0.15, 0.2) is 0 Å². The van der Waals surface area contributed by atoms with Crippen LogP contribution in [0.25, 0.3) is 6.08 Å². The van der Waals surface area contributed by atoms with Crippen molar-refractivity contribution in [1.82, 2.24) is 0 Å². The van der Waals surface area contributed by atoms with Gasteiger partial charge in [-0.15, -0.1) is 11.3 Å². The van der Waals surface area contributed by atoms with E-state index in [0.717, 1.165) is 0 Å². The summed E-state index contributed by atoms with van der Waals surface area (Å²) in [6.45, 7) is 3.67. The second kappa shape index (κ2) is 8.61. The second-order valence-corrected chi connectivity index (χ2v) is 6.08. The van der Waals surface area contributed by atoms with E-state index in [-0.39, 0.29) is 12.2 Å². The number of hydrogen-bond acceptors (Lipinski definition) is 6. The molecule has 1 aromatic heterocycles. The lowest BCUT2D eigenvalue weighted by molar-refractivity contribution is -0.112. The summed E-state index contributed by atoms with van der Waals surface area (Å²) in [5.41, 5.74) is 1.97. The Morgan fingerprint density at radius 3 is 2.54 bits per heavy atom. The number of benzene rings is 1. The van der Waals surface area contributed by atoms with E-state index in [1.165, 1.54) is 17.4 Å². The lowest BCUT2D eigenvalue weighted by atomic mass is 10.1. The predicted molar refractivity (Wildman–Crippen MR) is 98.4 cm³/mol. The minimum absolute atomic E-state index is 0.115. The summed E-state index contributed by atoms with van der Waals surface area (Å²) < 4.78 is 5.00. The third kappa shape index (κ3) is 4.35. The van der Waals surface area contributed by atoms with Gasteiger partial charge in [-0.25, -0.2) is 4.79 Å². The number of nitrogens with zero attached hydrogens (tertiary/aromatic N) is 2. The number of esters is 1. The summed E-state index contributed by atoms with van der Waals surface area (Å²) in [4.78, 5) is 24.5. The smallest absolute Gasteiger partial charge is 0.341 e. The molecule has 1 heterocycles. The number of anilines is 1. The van der Waals surface area contributed by atoms with Crippen LogP contribution < -0.4 is 5.32 Å².